The minimum absolute atomic E-state index is 0. The van der Waals surface area contributed by atoms with Gasteiger partial charge in [0.1, 0.15) is 5.75 Å². The molecule has 1 aromatic carbocycles. The Morgan fingerprint density at radius 3 is 2.59 bits per heavy atom. The van der Waals surface area contributed by atoms with E-state index in [0.717, 1.165) is 11.3 Å². The van der Waals surface area contributed by atoms with Gasteiger partial charge in [0.2, 0.25) is 5.91 Å². The van der Waals surface area contributed by atoms with E-state index in [1.54, 1.807) is 7.11 Å². The molecule has 2 rings (SSSR count). The molecule has 0 aromatic heterocycles. The van der Waals surface area contributed by atoms with Crippen LogP contribution in [0.4, 0.5) is 0 Å². The fraction of sp³-hybridized carbons (Fsp3) is 0.588. The van der Waals surface area contributed by atoms with Crippen LogP contribution in [0.3, 0.4) is 0 Å². The van der Waals surface area contributed by atoms with Crippen molar-refractivity contribution in [3.8, 4) is 5.75 Å². The first-order valence-electron chi connectivity index (χ1n) is 7.61. The van der Waals surface area contributed by atoms with Gasteiger partial charge in [0, 0.05) is 18.0 Å². The predicted molar refractivity (Wildman–Crippen MR) is 91.4 cm³/mol. The Morgan fingerprint density at radius 2 is 2.05 bits per heavy atom. The smallest absolute Gasteiger partial charge is 0.226 e. The lowest BCUT2D eigenvalue weighted by atomic mass is 9.84. The number of nitrogens with one attached hydrogen (secondary N) is 1. The summed E-state index contributed by atoms with van der Waals surface area (Å²) in [6.07, 6.45) is 3.00. The van der Waals surface area contributed by atoms with Crippen molar-refractivity contribution < 1.29 is 9.53 Å². The number of para-hydroxylation sites is 1. The van der Waals surface area contributed by atoms with Crippen molar-refractivity contribution in [2.75, 3.05) is 13.7 Å². The van der Waals surface area contributed by atoms with Crippen LogP contribution in [0.15, 0.2) is 24.3 Å². The standard InChI is InChI=1S/C17H26N2O2.ClH/c1-17(2,10-13-6-4-5-7-15(13)21-3)16(20)19-14(11-18)12-8-9-12;/h4-7,12,14H,8-11,18H2,1-3H3,(H,19,20);1H. The molecule has 4 nitrogen and oxygen atoms in total. The highest BCUT2D eigenvalue weighted by Crippen LogP contribution is 2.33. The van der Waals surface area contributed by atoms with E-state index >= 15 is 0 Å². The number of methoxy groups -OCH3 is 1. The molecular formula is C17H27ClN2O2. The van der Waals surface area contributed by atoms with Gasteiger partial charge in [-0.3, -0.25) is 4.79 Å². The Labute approximate surface area is 139 Å². The summed E-state index contributed by atoms with van der Waals surface area (Å²) in [4.78, 5) is 12.6. The van der Waals surface area contributed by atoms with Gasteiger partial charge in [-0.2, -0.15) is 0 Å². The molecule has 0 bridgehead atoms. The molecule has 0 heterocycles. The summed E-state index contributed by atoms with van der Waals surface area (Å²) in [6.45, 7) is 4.45. The van der Waals surface area contributed by atoms with Crippen molar-refractivity contribution >= 4 is 18.3 Å². The third-order valence-corrected chi connectivity index (χ3v) is 4.20. The third kappa shape index (κ3) is 4.62. The van der Waals surface area contributed by atoms with Crippen LogP contribution < -0.4 is 15.8 Å². The molecule has 1 saturated carbocycles. The number of hydrogen-bond donors (Lipinski definition) is 2. The lowest BCUT2D eigenvalue weighted by Gasteiger charge is -2.27. The molecule has 0 spiro atoms. The second kappa shape index (κ2) is 7.84. The molecule has 0 aliphatic heterocycles. The first-order valence-corrected chi connectivity index (χ1v) is 7.61. The van der Waals surface area contributed by atoms with Gasteiger partial charge >= 0.3 is 0 Å². The van der Waals surface area contributed by atoms with Crippen LogP contribution in [-0.4, -0.2) is 25.6 Å². The second-order valence-corrected chi connectivity index (χ2v) is 6.53. The summed E-state index contributed by atoms with van der Waals surface area (Å²) in [7, 11) is 1.66. The maximum absolute atomic E-state index is 12.6. The molecule has 1 unspecified atom stereocenters. The van der Waals surface area contributed by atoms with Gasteiger partial charge in [0.25, 0.3) is 0 Å². The summed E-state index contributed by atoms with van der Waals surface area (Å²) >= 11 is 0. The Bertz CT molecular complexity index is 501. The first kappa shape index (κ1) is 18.8. The summed E-state index contributed by atoms with van der Waals surface area (Å²) in [5.41, 5.74) is 6.33. The lowest BCUT2D eigenvalue weighted by molar-refractivity contribution is -0.130. The van der Waals surface area contributed by atoms with Crippen LogP contribution >= 0.6 is 12.4 Å². The van der Waals surface area contributed by atoms with Crippen LogP contribution in [0, 0.1) is 11.3 Å². The van der Waals surface area contributed by atoms with Crippen molar-refractivity contribution in [3.05, 3.63) is 29.8 Å². The van der Waals surface area contributed by atoms with Gasteiger partial charge in [0.15, 0.2) is 0 Å². The molecule has 1 aliphatic rings. The van der Waals surface area contributed by atoms with Crippen molar-refractivity contribution in [1.82, 2.24) is 5.32 Å². The molecule has 1 atom stereocenters. The highest BCUT2D eigenvalue weighted by Gasteiger charge is 2.35. The number of amides is 1. The number of hydrogen-bond acceptors (Lipinski definition) is 3. The van der Waals surface area contributed by atoms with Crippen LogP contribution in [0.5, 0.6) is 5.75 Å². The number of nitrogens with two attached hydrogens (primary N) is 1. The van der Waals surface area contributed by atoms with E-state index in [1.807, 2.05) is 38.1 Å². The number of carbonyl (C=O) groups excluding carboxylic acids is 1. The fourth-order valence-corrected chi connectivity index (χ4v) is 2.64. The maximum atomic E-state index is 12.6. The quantitative estimate of drug-likeness (QED) is 0.809. The molecule has 22 heavy (non-hydrogen) atoms. The highest BCUT2D eigenvalue weighted by molar-refractivity contribution is 5.85. The predicted octanol–water partition coefficient (Wildman–Crippen LogP) is 2.54. The number of halogens is 1. The second-order valence-electron chi connectivity index (χ2n) is 6.53. The molecule has 0 saturated heterocycles. The molecule has 124 valence electrons. The van der Waals surface area contributed by atoms with Gasteiger partial charge in [-0.15, -0.1) is 12.4 Å². The highest BCUT2D eigenvalue weighted by atomic mass is 35.5. The molecule has 0 radical (unpaired) electrons. The molecule has 5 heteroatoms. The van der Waals surface area contributed by atoms with E-state index < -0.39 is 5.41 Å². The average molecular weight is 327 g/mol. The Balaban J connectivity index is 0.00000242. The van der Waals surface area contributed by atoms with Gasteiger partial charge in [-0.1, -0.05) is 32.0 Å². The van der Waals surface area contributed by atoms with Crippen molar-refractivity contribution in [3.63, 3.8) is 0 Å². The van der Waals surface area contributed by atoms with Crippen LogP contribution in [-0.2, 0) is 11.2 Å². The molecule has 1 fully saturated rings. The van der Waals surface area contributed by atoms with E-state index in [9.17, 15) is 4.79 Å². The summed E-state index contributed by atoms with van der Waals surface area (Å²) in [6, 6.07) is 7.96. The van der Waals surface area contributed by atoms with Gasteiger partial charge in [-0.05, 0) is 36.8 Å². The van der Waals surface area contributed by atoms with Gasteiger partial charge in [-0.25, -0.2) is 0 Å². The number of rotatable bonds is 7. The first-order chi connectivity index (χ1) is 9.97. The molecule has 1 aliphatic carbocycles. The Morgan fingerprint density at radius 1 is 1.41 bits per heavy atom. The van der Waals surface area contributed by atoms with Crippen molar-refractivity contribution in [1.29, 1.82) is 0 Å². The van der Waals surface area contributed by atoms with E-state index in [2.05, 4.69) is 5.32 Å². The van der Waals surface area contributed by atoms with Crippen LogP contribution in [0.1, 0.15) is 32.3 Å². The average Bonchev–Trinajstić information content (AvgIpc) is 3.29. The monoisotopic (exact) mass is 326 g/mol. The number of ether oxygens (including phenoxy) is 1. The zero-order chi connectivity index (χ0) is 15.5. The summed E-state index contributed by atoms with van der Waals surface area (Å²) in [5.74, 6) is 1.47. The molecule has 1 amide bonds. The number of carbonyl (C=O) groups is 1. The largest absolute Gasteiger partial charge is 0.496 e. The topological polar surface area (TPSA) is 64.3 Å². The van der Waals surface area contributed by atoms with Crippen molar-refractivity contribution in [2.45, 2.75) is 39.2 Å². The van der Waals surface area contributed by atoms with E-state index in [0.29, 0.717) is 18.9 Å². The van der Waals surface area contributed by atoms with Crippen LogP contribution in [0.25, 0.3) is 0 Å². The van der Waals surface area contributed by atoms with Gasteiger partial charge < -0.3 is 15.8 Å². The van der Waals surface area contributed by atoms with Crippen molar-refractivity contribution in [2.24, 2.45) is 17.1 Å². The Hall–Kier alpha value is -1.26. The molecule has 1 aromatic rings. The van der Waals surface area contributed by atoms with E-state index in [1.165, 1.54) is 12.8 Å². The van der Waals surface area contributed by atoms with E-state index in [4.69, 9.17) is 10.5 Å². The van der Waals surface area contributed by atoms with Crippen LogP contribution in [0.2, 0.25) is 0 Å². The minimum atomic E-state index is -0.489. The summed E-state index contributed by atoms with van der Waals surface area (Å²) in [5, 5.41) is 3.12. The maximum Gasteiger partial charge on any atom is 0.226 e. The van der Waals surface area contributed by atoms with E-state index in [-0.39, 0.29) is 24.4 Å². The Kier molecular flexibility index (Phi) is 6.69. The fourth-order valence-electron chi connectivity index (χ4n) is 2.64. The third-order valence-electron chi connectivity index (χ3n) is 4.20. The summed E-state index contributed by atoms with van der Waals surface area (Å²) < 4.78 is 5.37. The molecule has 3 N–H and O–H groups in total. The lowest BCUT2D eigenvalue weighted by Crippen LogP contribution is -2.47. The molecular weight excluding hydrogens is 300 g/mol. The minimum Gasteiger partial charge on any atom is -0.496 e. The zero-order valence-electron chi connectivity index (χ0n) is 13.6. The zero-order valence-corrected chi connectivity index (χ0v) is 14.4. The van der Waals surface area contributed by atoms with Gasteiger partial charge in [0.05, 0.1) is 7.11 Å². The SMILES string of the molecule is COc1ccccc1CC(C)(C)C(=O)NC(CN)C1CC1.Cl. The number of benzene rings is 1. The normalized spacial score (nSPS) is 15.6.